The summed E-state index contributed by atoms with van der Waals surface area (Å²) >= 11 is 0.994. The molecule has 8 nitrogen and oxygen atoms in total. The molecule has 1 aromatic carbocycles. The number of thiazole rings is 1. The molecule has 176 valence electrons. The first-order chi connectivity index (χ1) is 15.8. The molecule has 3 atom stereocenters. The van der Waals surface area contributed by atoms with Crippen molar-refractivity contribution in [1.82, 2.24) is 14.8 Å². The number of anilines is 1. The summed E-state index contributed by atoms with van der Waals surface area (Å²) in [6.45, 7) is 1.92. The molecule has 3 aromatic rings. The Hall–Kier alpha value is -2.73. The summed E-state index contributed by atoms with van der Waals surface area (Å²) in [6, 6.07) is 2.31. The molecule has 33 heavy (non-hydrogen) atoms. The average molecular weight is 478 g/mol. The van der Waals surface area contributed by atoms with Crippen LogP contribution in [0, 0.1) is 18.6 Å². The second-order valence-electron chi connectivity index (χ2n) is 8.00. The van der Waals surface area contributed by atoms with Crippen LogP contribution in [0.1, 0.15) is 40.7 Å². The van der Waals surface area contributed by atoms with Gasteiger partial charge < -0.3 is 20.5 Å². The minimum absolute atomic E-state index is 0.0485. The maximum Gasteiger partial charge on any atom is 0.275 e. The molecule has 0 saturated carbocycles. The Morgan fingerprint density at radius 1 is 1.33 bits per heavy atom. The van der Waals surface area contributed by atoms with E-state index in [0.717, 1.165) is 11.3 Å². The molecule has 0 spiro atoms. The number of benzene rings is 1. The van der Waals surface area contributed by atoms with Crippen LogP contribution < -0.4 is 11.1 Å². The van der Waals surface area contributed by atoms with E-state index in [2.05, 4.69) is 15.4 Å². The Kier molecular flexibility index (Phi) is 6.84. The molecule has 1 aliphatic heterocycles. The van der Waals surface area contributed by atoms with E-state index in [1.54, 1.807) is 25.8 Å². The highest BCUT2D eigenvalue weighted by Crippen LogP contribution is 2.33. The lowest BCUT2D eigenvalue weighted by Crippen LogP contribution is -2.37. The molecule has 3 heterocycles. The third-order valence-corrected chi connectivity index (χ3v) is 6.54. The van der Waals surface area contributed by atoms with Gasteiger partial charge in [-0.05, 0) is 37.5 Å². The van der Waals surface area contributed by atoms with Gasteiger partial charge in [0.15, 0.2) is 0 Å². The summed E-state index contributed by atoms with van der Waals surface area (Å²) < 4.78 is 41.7. The van der Waals surface area contributed by atoms with Gasteiger partial charge in [0, 0.05) is 25.6 Å². The van der Waals surface area contributed by atoms with Gasteiger partial charge in [-0.2, -0.15) is 5.10 Å². The van der Waals surface area contributed by atoms with Crippen molar-refractivity contribution in [2.75, 3.05) is 19.0 Å². The predicted molar refractivity (Wildman–Crippen MR) is 120 cm³/mol. The highest BCUT2D eigenvalue weighted by atomic mass is 32.1. The molecule has 1 amide bonds. The minimum Gasteiger partial charge on any atom is -0.377 e. The third kappa shape index (κ3) is 4.81. The van der Waals surface area contributed by atoms with E-state index in [4.69, 9.17) is 15.2 Å². The lowest BCUT2D eigenvalue weighted by atomic mass is 10.0. The van der Waals surface area contributed by atoms with E-state index < -0.39 is 17.5 Å². The van der Waals surface area contributed by atoms with Gasteiger partial charge in [-0.25, -0.2) is 13.8 Å². The number of nitrogens with two attached hydrogens (primary N) is 1. The molecule has 0 bridgehead atoms. The maximum absolute atomic E-state index is 14.3. The van der Waals surface area contributed by atoms with E-state index in [1.165, 1.54) is 23.7 Å². The van der Waals surface area contributed by atoms with Crippen LogP contribution in [0.2, 0.25) is 0 Å². The Morgan fingerprint density at radius 3 is 2.76 bits per heavy atom. The summed E-state index contributed by atoms with van der Waals surface area (Å²) in [5.74, 6) is -1.96. The number of halogens is 2. The molecule has 3 N–H and O–H groups in total. The Bertz CT molecular complexity index is 1140. The van der Waals surface area contributed by atoms with Crippen molar-refractivity contribution >= 4 is 22.9 Å². The van der Waals surface area contributed by atoms with E-state index in [9.17, 15) is 13.6 Å². The normalized spacial score (nSPS) is 21.1. The lowest BCUT2D eigenvalue weighted by Gasteiger charge is -2.19. The van der Waals surface area contributed by atoms with Gasteiger partial charge in [0.1, 0.15) is 28.4 Å². The highest BCUT2D eigenvalue weighted by molar-refractivity contribution is 7.13. The predicted octanol–water partition coefficient (Wildman–Crippen LogP) is 3.58. The second-order valence-corrected chi connectivity index (χ2v) is 8.86. The Morgan fingerprint density at radius 2 is 2.06 bits per heavy atom. The highest BCUT2D eigenvalue weighted by Gasteiger charge is 2.30. The first-order valence-electron chi connectivity index (χ1n) is 10.4. The van der Waals surface area contributed by atoms with Crippen LogP contribution in [0.25, 0.3) is 10.6 Å². The zero-order chi connectivity index (χ0) is 23.7. The van der Waals surface area contributed by atoms with Gasteiger partial charge >= 0.3 is 0 Å². The standard InChI is InChI=1S/C22H25F2N5O3S/c1-11-6-12(23)19(13(24)7-11)22-28-16(10-33-22)21(30)27-15-8-26-29(2)20(15)17-5-4-14(25)18(31-3)9-32-17/h6-8,10,14,17-18H,4-5,9,25H2,1-3H3,(H,27,30)/t14-,17+,18-/m1/s1. The molecule has 11 heteroatoms. The zero-order valence-electron chi connectivity index (χ0n) is 18.5. The second kappa shape index (κ2) is 9.64. The molecule has 0 unspecified atom stereocenters. The van der Waals surface area contributed by atoms with Gasteiger partial charge in [-0.15, -0.1) is 11.3 Å². The van der Waals surface area contributed by atoms with Crippen molar-refractivity contribution in [3.05, 3.63) is 52.3 Å². The molecule has 1 aliphatic rings. The van der Waals surface area contributed by atoms with Gasteiger partial charge in [0.2, 0.25) is 0 Å². The average Bonchev–Trinajstić information content (AvgIpc) is 3.32. The van der Waals surface area contributed by atoms with Crippen LogP contribution in [-0.4, -0.2) is 46.5 Å². The fourth-order valence-corrected chi connectivity index (χ4v) is 4.76. The SMILES string of the molecule is CO[C@@H]1CO[C@H](c2c(NC(=O)c3csc(-c4c(F)cc(C)cc4F)n3)cnn2C)CC[C@H]1N. The lowest BCUT2D eigenvalue weighted by molar-refractivity contribution is -0.0211. The Labute approximate surface area is 193 Å². The molecule has 4 rings (SSSR count). The molecule has 1 saturated heterocycles. The number of ether oxygens (including phenoxy) is 2. The van der Waals surface area contributed by atoms with Gasteiger partial charge in [0.05, 0.1) is 35.9 Å². The number of nitrogens with zero attached hydrogens (tertiary/aromatic N) is 3. The van der Waals surface area contributed by atoms with Gasteiger partial charge in [-0.1, -0.05) is 0 Å². The van der Waals surface area contributed by atoms with Crippen LogP contribution in [0.3, 0.4) is 0 Å². The topological polar surface area (TPSA) is 104 Å². The third-order valence-electron chi connectivity index (χ3n) is 5.68. The molecule has 0 aliphatic carbocycles. The number of hydrogen-bond donors (Lipinski definition) is 2. The van der Waals surface area contributed by atoms with Crippen molar-refractivity contribution in [2.45, 2.75) is 38.0 Å². The quantitative estimate of drug-likeness (QED) is 0.582. The first-order valence-corrected chi connectivity index (χ1v) is 11.3. The first kappa shape index (κ1) is 23.4. The van der Waals surface area contributed by atoms with E-state index in [1.807, 2.05) is 0 Å². The van der Waals surface area contributed by atoms with Gasteiger partial charge in [-0.3, -0.25) is 9.48 Å². The number of hydrogen-bond acceptors (Lipinski definition) is 7. The van der Waals surface area contributed by atoms with Crippen LogP contribution in [-0.2, 0) is 16.5 Å². The maximum atomic E-state index is 14.3. The van der Waals surface area contributed by atoms with Crippen molar-refractivity contribution < 1.29 is 23.0 Å². The Balaban J connectivity index is 1.54. The number of aromatic nitrogens is 3. The van der Waals surface area contributed by atoms with Crippen LogP contribution >= 0.6 is 11.3 Å². The summed E-state index contributed by atoms with van der Waals surface area (Å²) in [6.07, 6.45) is 2.31. The van der Waals surface area contributed by atoms with Crippen molar-refractivity contribution in [2.24, 2.45) is 12.8 Å². The number of rotatable bonds is 5. The summed E-state index contributed by atoms with van der Waals surface area (Å²) in [7, 11) is 3.36. The summed E-state index contributed by atoms with van der Waals surface area (Å²) in [5, 5.41) is 8.60. The minimum atomic E-state index is -0.721. The molecule has 2 aromatic heterocycles. The van der Waals surface area contributed by atoms with Gasteiger partial charge in [0.25, 0.3) is 5.91 Å². The smallest absolute Gasteiger partial charge is 0.275 e. The zero-order valence-corrected chi connectivity index (χ0v) is 19.3. The number of amides is 1. The molecular formula is C22H25F2N5O3S. The summed E-state index contributed by atoms with van der Waals surface area (Å²) in [4.78, 5) is 17.0. The largest absolute Gasteiger partial charge is 0.377 e. The molecule has 0 radical (unpaired) electrons. The number of nitrogens with one attached hydrogen (secondary N) is 1. The fourth-order valence-electron chi connectivity index (χ4n) is 3.91. The number of carbonyl (C=O) groups is 1. The summed E-state index contributed by atoms with van der Waals surface area (Å²) in [5.41, 5.74) is 7.59. The van der Waals surface area contributed by atoms with Crippen LogP contribution in [0.5, 0.6) is 0 Å². The molecule has 1 fully saturated rings. The van der Waals surface area contributed by atoms with Crippen LogP contribution in [0.15, 0.2) is 23.7 Å². The van der Waals surface area contributed by atoms with Crippen LogP contribution in [0.4, 0.5) is 14.5 Å². The molecular weight excluding hydrogens is 452 g/mol. The van der Waals surface area contributed by atoms with E-state index in [-0.39, 0.29) is 34.5 Å². The number of carbonyl (C=O) groups excluding carboxylic acids is 1. The fraction of sp³-hybridized carbons (Fsp3) is 0.409. The van der Waals surface area contributed by atoms with E-state index in [0.29, 0.717) is 36.4 Å². The number of aryl methyl sites for hydroxylation is 2. The van der Waals surface area contributed by atoms with Crippen molar-refractivity contribution in [1.29, 1.82) is 0 Å². The van der Waals surface area contributed by atoms with E-state index >= 15 is 0 Å². The van der Waals surface area contributed by atoms with Crippen molar-refractivity contribution in [3.63, 3.8) is 0 Å². The van der Waals surface area contributed by atoms with Crippen molar-refractivity contribution in [3.8, 4) is 10.6 Å². The number of methoxy groups -OCH3 is 1. The monoisotopic (exact) mass is 477 g/mol.